The van der Waals surface area contributed by atoms with Gasteiger partial charge in [-0.05, 0) is 56.8 Å². The first kappa shape index (κ1) is 30.0. The van der Waals surface area contributed by atoms with Gasteiger partial charge in [-0.25, -0.2) is 13.8 Å². The molecule has 15 heteroatoms. The Hall–Kier alpha value is -3.40. The van der Waals surface area contributed by atoms with Gasteiger partial charge in [0.05, 0.1) is 27.4 Å². The van der Waals surface area contributed by atoms with E-state index in [1.807, 2.05) is 4.90 Å². The van der Waals surface area contributed by atoms with E-state index in [4.69, 9.17) is 15.2 Å². The number of nitrogen functional groups attached to an aromatic ring is 1. The van der Waals surface area contributed by atoms with Crippen molar-refractivity contribution in [3.63, 3.8) is 0 Å². The van der Waals surface area contributed by atoms with Crippen molar-refractivity contribution >= 4 is 43.4 Å². The number of ether oxygens (including phenoxy) is 2. The summed E-state index contributed by atoms with van der Waals surface area (Å²) in [4.78, 5) is 17.4. The molecule has 0 aliphatic carbocycles. The maximum absolute atomic E-state index is 16.9. The molecular formula is C31H32F5N7O2S. The quantitative estimate of drug-likeness (QED) is 0.265. The Morgan fingerprint density at radius 3 is 2.61 bits per heavy atom. The van der Waals surface area contributed by atoms with E-state index in [9.17, 15) is 17.6 Å². The van der Waals surface area contributed by atoms with Crippen LogP contribution in [0.3, 0.4) is 0 Å². The molecule has 4 unspecified atom stereocenters. The number of hydrogen-bond acceptors (Lipinski definition) is 10. The lowest BCUT2D eigenvalue weighted by Crippen LogP contribution is -2.51. The summed E-state index contributed by atoms with van der Waals surface area (Å²) < 4.78 is 87.8. The third-order valence-corrected chi connectivity index (χ3v) is 11.0. The van der Waals surface area contributed by atoms with Crippen LogP contribution in [0.5, 0.6) is 6.01 Å². The largest absolute Gasteiger partial charge is 0.461 e. The van der Waals surface area contributed by atoms with Crippen LogP contribution in [0.25, 0.3) is 32.2 Å². The molecule has 6 heterocycles. The molecule has 4 saturated heterocycles. The van der Waals surface area contributed by atoms with Crippen molar-refractivity contribution in [3.05, 3.63) is 35.4 Å². The van der Waals surface area contributed by atoms with Gasteiger partial charge in [-0.3, -0.25) is 4.90 Å². The molecule has 46 heavy (non-hydrogen) atoms. The molecule has 2 bridgehead atoms. The number of rotatable bonds is 6. The van der Waals surface area contributed by atoms with E-state index >= 15 is 4.39 Å². The fourth-order valence-corrected chi connectivity index (χ4v) is 8.73. The van der Waals surface area contributed by atoms with E-state index in [0.29, 0.717) is 13.1 Å². The van der Waals surface area contributed by atoms with Crippen molar-refractivity contribution in [2.75, 3.05) is 50.5 Å². The molecule has 0 spiro atoms. The third-order valence-electron chi connectivity index (χ3n) is 10.1. The Kier molecular flexibility index (Phi) is 7.05. The number of nitrogens with one attached hydrogen (secondary N) is 1. The number of thiazole rings is 1. The van der Waals surface area contributed by atoms with E-state index in [1.165, 1.54) is 0 Å². The van der Waals surface area contributed by atoms with Crippen molar-refractivity contribution in [1.29, 1.82) is 0 Å². The summed E-state index contributed by atoms with van der Waals surface area (Å²) >= 11 is 0.784. The smallest absolute Gasteiger partial charge is 0.417 e. The molecule has 4 aliphatic rings. The Morgan fingerprint density at radius 2 is 1.87 bits per heavy atom. The van der Waals surface area contributed by atoms with Crippen LogP contribution in [-0.2, 0) is 10.9 Å². The first-order valence-corrected chi connectivity index (χ1v) is 16.2. The SMILES string of the molecule is COC1CN2CCCC2(COc2nc(N3CC4CCC(C3)N4)c3cc(C(F)(F)F)c(-c4ccc(F)c5sc(N)nc45)c(F)c3n2)C1. The minimum atomic E-state index is -4.97. The zero-order chi connectivity index (χ0) is 32.0. The Balaban J connectivity index is 1.31. The van der Waals surface area contributed by atoms with Crippen molar-refractivity contribution in [2.45, 2.75) is 62.0 Å². The fourth-order valence-electron chi connectivity index (χ4n) is 7.97. The zero-order valence-electron chi connectivity index (χ0n) is 25.0. The summed E-state index contributed by atoms with van der Waals surface area (Å²) in [6, 6.07) is 3.16. The molecule has 244 valence electrons. The lowest BCUT2D eigenvalue weighted by Gasteiger charge is -2.35. The summed E-state index contributed by atoms with van der Waals surface area (Å²) in [5.41, 5.74) is 2.84. The monoisotopic (exact) mass is 661 g/mol. The number of nitrogens with zero attached hydrogens (tertiary/aromatic N) is 5. The second kappa shape index (κ2) is 10.8. The first-order valence-electron chi connectivity index (χ1n) is 15.4. The second-order valence-corrected chi connectivity index (χ2v) is 13.9. The average Bonchev–Trinajstić information content (AvgIpc) is 3.78. The van der Waals surface area contributed by atoms with Crippen LogP contribution >= 0.6 is 11.3 Å². The van der Waals surface area contributed by atoms with Crippen LogP contribution in [0, 0.1) is 11.6 Å². The van der Waals surface area contributed by atoms with Crippen LogP contribution in [-0.4, -0.2) is 83.5 Å². The number of hydrogen-bond donors (Lipinski definition) is 2. The highest BCUT2D eigenvalue weighted by Crippen LogP contribution is 2.47. The van der Waals surface area contributed by atoms with Gasteiger partial charge in [-0.15, -0.1) is 0 Å². The number of piperazine rings is 1. The zero-order valence-corrected chi connectivity index (χ0v) is 25.8. The molecule has 4 aromatic rings. The molecule has 0 saturated carbocycles. The summed E-state index contributed by atoms with van der Waals surface area (Å²) in [6.45, 7) is 2.91. The minimum Gasteiger partial charge on any atom is -0.461 e. The van der Waals surface area contributed by atoms with Gasteiger partial charge in [0, 0.05) is 55.3 Å². The van der Waals surface area contributed by atoms with Crippen molar-refractivity contribution in [1.82, 2.24) is 25.2 Å². The highest BCUT2D eigenvalue weighted by molar-refractivity contribution is 7.22. The third kappa shape index (κ3) is 4.85. The predicted octanol–water partition coefficient (Wildman–Crippen LogP) is 5.36. The van der Waals surface area contributed by atoms with Gasteiger partial charge in [0.1, 0.15) is 23.8 Å². The van der Waals surface area contributed by atoms with Gasteiger partial charge < -0.3 is 25.4 Å². The van der Waals surface area contributed by atoms with Crippen molar-refractivity contribution in [2.24, 2.45) is 0 Å². The van der Waals surface area contributed by atoms with Gasteiger partial charge in [0.2, 0.25) is 0 Å². The van der Waals surface area contributed by atoms with Crippen LogP contribution in [0.15, 0.2) is 18.2 Å². The normalized spacial score (nSPS) is 26.5. The molecule has 4 aliphatic heterocycles. The van der Waals surface area contributed by atoms with Gasteiger partial charge in [0.15, 0.2) is 10.9 Å². The number of anilines is 2. The van der Waals surface area contributed by atoms with E-state index < -0.39 is 28.9 Å². The minimum absolute atomic E-state index is 0.0484. The molecule has 9 nitrogen and oxygen atoms in total. The number of alkyl halides is 3. The maximum Gasteiger partial charge on any atom is 0.417 e. The number of aromatic nitrogens is 3. The van der Waals surface area contributed by atoms with Gasteiger partial charge >= 0.3 is 12.2 Å². The van der Waals surface area contributed by atoms with Crippen LogP contribution in [0.4, 0.5) is 32.9 Å². The van der Waals surface area contributed by atoms with Crippen LogP contribution in [0.1, 0.15) is 37.7 Å². The summed E-state index contributed by atoms with van der Waals surface area (Å²) in [6.07, 6.45) is -0.408. The Bertz CT molecular complexity index is 1840. The lowest BCUT2D eigenvalue weighted by molar-refractivity contribution is -0.137. The topological polar surface area (TPSA) is 102 Å². The van der Waals surface area contributed by atoms with Crippen LogP contribution in [0.2, 0.25) is 0 Å². The molecule has 0 radical (unpaired) electrons. The van der Waals surface area contributed by atoms with Gasteiger partial charge in [-0.1, -0.05) is 11.3 Å². The Morgan fingerprint density at radius 1 is 1.09 bits per heavy atom. The maximum atomic E-state index is 16.9. The summed E-state index contributed by atoms with van der Waals surface area (Å²) in [5.74, 6) is -1.73. The van der Waals surface area contributed by atoms with Crippen molar-refractivity contribution < 1.29 is 31.4 Å². The molecule has 4 atom stereocenters. The molecule has 8 rings (SSSR count). The molecule has 2 aromatic carbocycles. The van der Waals surface area contributed by atoms with Gasteiger partial charge in [-0.2, -0.15) is 23.1 Å². The molecule has 3 N–H and O–H groups in total. The average molecular weight is 662 g/mol. The predicted molar refractivity (Wildman–Crippen MR) is 164 cm³/mol. The number of benzene rings is 2. The van der Waals surface area contributed by atoms with Crippen molar-refractivity contribution in [3.8, 4) is 17.1 Å². The molecule has 4 fully saturated rings. The number of fused-ring (bicyclic) bond motifs is 5. The lowest BCUT2D eigenvalue weighted by atomic mass is 9.94. The summed E-state index contributed by atoms with van der Waals surface area (Å²) in [5, 5.41) is 3.40. The van der Waals surface area contributed by atoms with E-state index in [1.54, 1.807) is 7.11 Å². The highest BCUT2D eigenvalue weighted by Gasteiger charge is 2.49. The number of methoxy groups -OCH3 is 1. The Labute approximate surface area is 264 Å². The van der Waals surface area contributed by atoms with Gasteiger partial charge in [0.25, 0.3) is 0 Å². The first-order chi connectivity index (χ1) is 22.0. The van der Waals surface area contributed by atoms with E-state index in [-0.39, 0.29) is 74.0 Å². The fraction of sp³-hybridized carbons (Fsp3) is 0.516. The molecular weight excluding hydrogens is 629 g/mol. The second-order valence-electron chi connectivity index (χ2n) is 12.8. The molecule has 0 amide bonds. The van der Waals surface area contributed by atoms with E-state index in [0.717, 1.165) is 74.7 Å². The summed E-state index contributed by atoms with van der Waals surface area (Å²) in [7, 11) is 1.69. The van der Waals surface area contributed by atoms with E-state index in [2.05, 4.69) is 25.2 Å². The number of halogens is 5. The molecule has 2 aromatic heterocycles. The van der Waals surface area contributed by atoms with Crippen LogP contribution < -0.4 is 20.7 Å². The standard InChI is InChI=1S/C31H32F5N7O2S/c1-44-17-10-30(7-2-8-43(30)13-17)14-45-29-40-24-19(27(41-29)42-11-15-3-4-16(12-42)38-15)9-20(31(34,35)36)22(23(24)33)18-5-6-21(32)26-25(18)39-28(37)46-26/h5-6,9,15-17,38H,2-4,7-8,10-14H2,1H3,(H2,37,39). The highest BCUT2D eigenvalue weighted by atomic mass is 32.1. The number of nitrogens with two attached hydrogens (primary N) is 1.